The average Bonchev–Trinajstić information content (AvgIpc) is 3.47. The summed E-state index contributed by atoms with van der Waals surface area (Å²) in [6.45, 7) is 0. The lowest BCUT2D eigenvalue weighted by atomic mass is 10.1. The summed E-state index contributed by atoms with van der Waals surface area (Å²) in [4.78, 5) is 27.9. The van der Waals surface area contributed by atoms with Crippen LogP contribution < -0.4 is 21.3 Å². The Labute approximate surface area is 205 Å². The lowest BCUT2D eigenvalue weighted by molar-refractivity contribution is -0.110. The Morgan fingerprint density at radius 1 is 0.833 bits per heavy atom. The van der Waals surface area contributed by atoms with Crippen LogP contribution in [0.1, 0.15) is 23.2 Å². The third kappa shape index (κ3) is 5.10. The molecule has 3 aromatic carbocycles. The molecule has 1 aliphatic rings. The number of rotatable bonds is 6. The maximum atomic E-state index is 12.9. The number of carbonyl (C=O) groups excluding carboxylic acids is 2. The molecule has 0 atom stereocenters. The highest BCUT2D eigenvalue weighted by Crippen LogP contribution is 2.35. The van der Waals surface area contributed by atoms with Crippen molar-refractivity contribution in [3.05, 3.63) is 102 Å². The van der Waals surface area contributed by atoms with E-state index in [-0.39, 0.29) is 17.2 Å². The minimum absolute atomic E-state index is 0.170. The second-order valence-electron chi connectivity index (χ2n) is 8.11. The molecule has 0 radical (unpaired) electrons. The third-order valence-corrected chi connectivity index (χ3v) is 5.53. The topological polar surface area (TPSA) is 98.1 Å². The summed E-state index contributed by atoms with van der Waals surface area (Å²) in [5, 5.41) is 11.4. The smallest absolute Gasteiger partial charge is 0.323 e. The summed E-state index contributed by atoms with van der Waals surface area (Å²) < 4.78 is 25.8. The first-order valence-corrected chi connectivity index (χ1v) is 11.1. The summed E-state index contributed by atoms with van der Waals surface area (Å²) in [6.07, 6.45) is 0.981. The number of fused-ring (bicyclic) bond motifs is 1. The molecule has 3 amide bonds. The zero-order valence-corrected chi connectivity index (χ0v) is 18.8. The molecule has 0 spiro atoms. The minimum Gasteiger partial charge on any atom is -0.362 e. The van der Waals surface area contributed by atoms with Crippen molar-refractivity contribution in [3.63, 3.8) is 0 Å². The van der Waals surface area contributed by atoms with E-state index in [0.29, 0.717) is 22.6 Å². The van der Waals surface area contributed by atoms with Crippen LogP contribution >= 0.6 is 0 Å². The molecule has 0 unspecified atom stereocenters. The van der Waals surface area contributed by atoms with Crippen molar-refractivity contribution in [2.24, 2.45) is 0 Å². The fourth-order valence-electron chi connectivity index (χ4n) is 3.89. The Balaban J connectivity index is 1.27. The Morgan fingerprint density at radius 2 is 1.56 bits per heavy atom. The van der Waals surface area contributed by atoms with Crippen LogP contribution in [0.15, 0.2) is 85.1 Å². The number of nitrogens with one attached hydrogen (secondary N) is 5. The van der Waals surface area contributed by atoms with Gasteiger partial charge >= 0.3 is 6.03 Å². The van der Waals surface area contributed by atoms with E-state index in [1.54, 1.807) is 30.5 Å². The molecule has 9 heteroatoms. The lowest BCUT2D eigenvalue weighted by Gasteiger charge is -2.12. The van der Waals surface area contributed by atoms with Gasteiger partial charge in [0.1, 0.15) is 0 Å². The van der Waals surface area contributed by atoms with E-state index in [1.807, 2.05) is 36.4 Å². The van der Waals surface area contributed by atoms with Crippen LogP contribution in [-0.4, -0.2) is 16.9 Å². The Bertz CT molecular complexity index is 1460. The van der Waals surface area contributed by atoms with Crippen molar-refractivity contribution in [3.8, 4) is 0 Å². The summed E-state index contributed by atoms with van der Waals surface area (Å²) in [6, 6.07) is 21.3. The molecule has 4 aromatic rings. The van der Waals surface area contributed by atoms with Crippen LogP contribution in [0.5, 0.6) is 0 Å². The zero-order valence-electron chi connectivity index (χ0n) is 18.8. The van der Waals surface area contributed by atoms with Gasteiger partial charge in [-0.25, -0.2) is 13.6 Å². The lowest BCUT2D eigenvalue weighted by Crippen LogP contribution is -2.19. The van der Waals surface area contributed by atoms with Crippen molar-refractivity contribution < 1.29 is 18.4 Å². The fraction of sp³-hybridized carbons (Fsp3) is 0.0370. The number of anilines is 5. The van der Waals surface area contributed by atoms with Crippen LogP contribution in [-0.2, 0) is 4.79 Å². The van der Waals surface area contributed by atoms with Crippen molar-refractivity contribution in [2.75, 3.05) is 21.3 Å². The summed E-state index contributed by atoms with van der Waals surface area (Å²) >= 11 is 0. The molecule has 1 aliphatic heterocycles. The summed E-state index contributed by atoms with van der Waals surface area (Å²) in [5.41, 5.74) is 4.99. The van der Waals surface area contributed by atoms with E-state index >= 15 is 0 Å². The predicted octanol–water partition coefficient (Wildman–Crippen LogP) is 6.83. The van der Waals surface area contributed by atoms with Crippen LogP contribution in [0, 0.1) is 0 Å². The molecule has 36 heavy (non-hydrogen) atoms. The van der Waals surface area contributed by atoms with E-state index in [4.69, 9.17) is 0 Å². The number of benzene rings is 3. The molecule has 0 fully saturated rings. The van der Waals surface area contributed by atoms with Gasteiger partial charge in [-0.15, -0.1) is 0 Å². The highest BCUT2D eigenvalue weighted by atomic mass is 19.3. The molecule has 0 bridgehead atoms. The van der Waals surface area contributed by atoms with Gasteiger partial charge in [-0.3, -0.25) is 4.79 Å². The van der Waals surface area contributed by atoms with Crippen LogP contribution in [0.2, 0.25) is 0 Å². The standard InChI is InChI=1S/C27H21F2N5O2/c28-25(29)16-4-1-5-18(12-16)32-27(36)33-20-7-2-6-19(13-20)31-21-9-10-22-23(14-17-8-3-11-30-17)26(35)34-24(22)15-21/h1-15,25,30-31H,(H,34,35)(H2,32,33,36)/b23-14+. The van der Waals surface area contributed by atoms with Crippen molar-refractivity contribution >= 4 is 52.0 Å². The van der Waals surface area contributed by atoms with Gasteiger partial charge in [0, 0.05) is 45.8 Å². The van der Waals surface area contributed by atoms with E-state index in [0.717, 1.165) is 16.9 Å². The largest absolute Gasteiger partial charge is 0.362 e. The summed E-state index contributed by atoms with van der Waals surface area (Å²) in [7, 11) is 0. The van der Waals surface area contributed by atoms with Gasteiger partial charge in [-0.1, -0.05) is 24.3 Å². The predicted molar refractivity (Wildman–Crippen MR) is 138 cm³/mol. The quantitative estimate of drug-likeness (QED) is 0.194. The van der Waals surface area contributed by atoms with E-state index < -0.39 is 12.5 Å². The molecule has 0 aliphatic carbocycles. The van der Waals surface area contributed by atoms with E-state index in [2.05, 4.69) is 26.3 Å². The molecule has 0 saturated carbocycles. The summed E-state index contributed by atoms with van der Waals surface area (Å²) in [5.74, 6) is -0.173. The van der Waals surface area contributed by atoms with Crippen LogP contribution in [0.3, 0.4) is 0 Å². The Hall–Kier alpha value is -4.92. The number of alkyl halides is 2. The number of hydrogen-bond donors (Lipinski definition) is 5. The zero-order chi connectivity index (χ0) is 25.1. The highest BCUT2D eigenvalue weighted by molar-refractivity contribution is 6.35. The number of H-pyrrole nitrogens is 1. The van der Waals surface area contributed by atoms with Gasteiger partial charge in [-0.05, 0) is 60.7 Å². The highest BCUT2D eigenvalue weighted by Gasteiger charge is 2.24. The number of halogens is 2. The van der Waals surface area contributed by atoms with Crippen molar-refractivity contribution in [1.82, 2.24) is 4.98 Å². The Kier molecular flexibility index (Phi) is 6.19. The van der Waals surface area contributed by atoms with E-state index in [9.17, 15) is 18.4 Å². The SMILES string of the molecule is O=C(Nc1cccc(Nc2ccc3c(c2)NC(=O)/C3=C/c2ccc[nH]2)c1)Nc1cccc(C(F)F)c1. The molecule has 5 rings (SSSR count). The fourth-order valence-corrected chi connectivity index (χ4v) is 3.89. The van der Waals surface area contributed by atoms with Gasteiger partial charge in [0.15, 0.2) is 0 Å². The Morgan fingerprint density at radius 3 is 2.31 bits per heavy atom. The van der Waals surface area contributed by atoms with Crippen LogP contribution in [0.25, 0.3) is 11.6 Å². The second-order valence-corrected chi connectivity index (χ2v) is 8.11. The second kappa shape index (κ2) is 9.75. The average molecular weight is 485 g/mol. The van der Waals surface area contributed by atoms with Crippen LogP contribution in [0.4, 0.5) is 42.0 Å². The first-order chi connectivity index (χ1) is 17.4. The molecular formula is C27H21F2N5O2. The molecule has 1 aromatic heterocycles. The molecule has 2 heterocycles. The number of aromatic amines is 1. The number of aromatic nitrogens is 1. The van der Waals surface area contributed by atoms with Crippen molar-refractivity contribution in [2.45, 2.75) is 6.43 Å². The third-order valence-electron chi connectivity index (χ3n) is 5.53. The van der Waals surface area contributed by atoms with E-state index in [1.165, 1.54) is 24.3 Å². The molecule has 5 N–H and O–H groups in total. The van der Waals surface area contributed by atoms with Crippen molar-refractivity contribution in [1.29, 1.82) is 0 Å². The van der Waals surface area contributed by atoms with Gasteiger partial charge in [0.05, 0.1) is 11.3 Å². The maximum Gasteiger partial charge on any atom is 0.323 e. The number of urea groups is 1. The van der Waals surface area contributed by atoms with Gasteiger partial charge in [0.2, 0.25) is 0 Å². The van der Waals surface area contributed by atoms with Gasteiger partial charge in [-0.2, -0.15) is 0 Å². The number of carbonyl (C=O) groups is 2. The van der Waals surface area contributed by atoms with Gasteiger partial charge < -0.3 is 26.3 Å². The monoisotopic (exact) mass is 485 g/mol. The normalized spacial score (nSPS) is 13.4. The molecule has 7 nitrogen and oxygen atoms in total. The molecule has 0 saturated heterocycles. The number of amides is 3. The van der Waals surface area contributed by atoms with Gasteiger partial charge in [0.25, 0.3) is 12.3 Å². The maximum absolute atomic E-state index is 12.9. The minimum atomic E-state index is -2.62. The molecular weight excluding hydrogens is 464 g/mol. The first-order valence-electron chi connectivity index (χ1n) is 11.1. The molecule has 180 valence electrons. The number of hydrogen-bond acceptors (Lipinski definition) is 3. The first kappa shape index (κ1) is 22.9.